The van der Waals surface area contributed by atoms with Gasteiger partial charge in [0.1, 0.15) is 0 Å². The molecule has 208 valence electrons. The Labute approximate surface area is 207 Å². The van der Waals surface area contributed by atoms with Crippen LogP contribution in [-0.2, 0) is 25.7 Å². The molecule has 1 amide bonds. The van der Waals surface area contributed by atoms with Gasteiger partial charge in [0, 0.05) is 38.3 Å². The van der Waals surface area contributed by atoms with Crippen LogP contribution in [0.25, 0.3) is 0 Å². The van der Waals surface area contributed by atoms with Gasteiger partial charge in [-0.25, -0.2) is 9.59 Å². The average Bonchev–Trinajstić information content (AvgIpc) is 3.50. The minimum Gasteiger partial charge on any atom is -0.475 e. The van der Waals surface area contributed by atoms with E-state index in [4.69, 9.17) is 24.5 Å². The van der Waals surface area contributed by atoms with Crippen molar-refractivity contribution < 1.29 is 55.7 Å². The van der Waals surface area contributed by atoms with Gasteiger partial charge >= 0.3 is 24.3 Å². The van der Waals surface area contributed by atoms with E-state index in [0.29, 0.717) is 30.2 Å². The molecule has 1 saturated carbocycles. The third kappa shape index (κ3) is 10.9. The monoisotopic (exact) mass is 543 g/mol. The molecule has 3 fully saturated rings. The minimum atomic E-state index is -5.08. The lowest BCUT2D eigenvalue weighted by Gasteiger charge is -2.32. The molecule has 3 atom stereocenters. The Hall–Kier alpha value is -2.94. The smallest absolute Gasteiger partial charge is 0.475 e. The number of carboxylic acid groups (broad SMARTS) is 2. The van der Waals surface area contributed by atoms with Gasteiger partial charge in [0.25, 0.3) is 0 Å². The van der Waals surface area contributed by atoms with Crippen LogP contribution in [0.1, 0.15) is 25.0 Å². The standard InChI is InChI=1S/C18H25N3O2.2C2HF3O2/c22-18(20-15-4-5-15)7-13-11-23-12-14-8-21(10-17(13)14)9-16-3-1-2-6-19-16;2*3-2(4,5)1(6)7/h1-3,6,13-15,17H,4-5,7-12H2,(H,20,22);2*(H,6,7)/t13-,14-,17+;;/m1../s1. The summed E-state index contributed by atoms with van der Waals surface area (Å²) < 4.78 is 69.3. The summed E-state index contributed by atoms with van der Waals surface area (Å²) in [7, 11) is 0. The molecule has 1 aliphatic carbocycles. The molecule has 0 aromatic carbocycles. The van der Waals surface area contributed by atoms with Gasteiger partial charge in [0.15, 0.2) is 0 Å². The highest BCUT2D eigenvalue weighted by atomic mass is 19.4. The van der Waals surface area contributed by atoms with Crippen molar-refractivity contribution in [1.29, 1.82) is 0 Å². The van der Waals surface area contributed by atoms with Crippen LogP contribution >= 0.6 is 0 Å². The summed E-state index contributed by atoms with van der Waals surface area (Å²) in [5.41, 5.74) is 1.12. The van der Waals surface area contributed by atoms with E-state index >= 15 is 0 Å². The Balaban J connectivity index is 0.000000286. The van der Waals surface area contributed by atoms with Crippen LogP contribution in [0.2, 0.25) is 0 Å². The molecule has 15 heteroatoms. The highest BCUT2D eigenvalue weighted by Crippen LogP contribution is 2.36. The SMILES string of the molecule is O=C(C[C@@H]1COC[C@H]2CN(Cc3ccccn3)C[C@@H]12)NC1CC1.O=C(O)C(F)(F)F.O=C(O)C(F)(F)F. The van der Waals surface area contributed by atoms with Crippen molar-refractivity contribution in [3.8, 4) is 0 Å². The number of carbonyl (C=O) groups excluding carboxylic acids is 1. The number of pyridine rings is 1. The fourth-order valence-corrected chi connectivity index (χ4v) is 4.01. The molecular weight excluding hydrogens is 516 g/mol. The second-order valence-corrected chi connectivity index (χ2v) is 8.89. The Morgan fingerprint density at radius 1 is 1.00 bits per heavy atom. The topological polar surface area (TPSA) is 129 Å². The fraction of sp³-hybridized carbons (Fsp3) is 0.636. The number of amides is 1. The van der Waals surface area contributed by atoms with Crippen LogP contribution in [-0.4, -0.2) is 82.6 Å². The minimum absolute atomic E-state index is 0.213. The number of halogens is 6. The number of ether oxygens (including phenoxy) is 1. The molecule has 3 aliphatic rings. The van der Waals surface area contributed by atoms with Crippen LogP contribution in [0.3, 0.4) is 0 Å². The van der Waals surface area contributed by atoms with Crippen molar-refractivity contribution in [2.45, 2.75) is 44.2 Å². The van der Waals surface area contributed by atoms with Gasteiger partial charge in [-0.15, -0.1) is 0 Å². The van der Waals surface area contributed by atoms with Gasteiger partial charge in [-0.1, -0.05) is 6.07 Å². The van der Waals surface area contributed by atoms with E-state index in [-0.39, 0.29) is 5.91 Å². The van der Waals surface area contributed by atoms with Crippen LogP contribution in [0, 0.1) is 17.8 Å². The van der Waals surface area contributed by atoms with E-state index in [2.05, 4.69) is 21.3 Å². The van der Waals surface area contributed by atoms with Crippen LogP contribution in [0.15, 0.2) is 24.4 Å². The first kappa shape index (κ1) is 30.3. The maximum Gasteiger partial charge on any atom is 0.490 e. The van der Waals surface area contributed by atoms with E-state index in [1.807, 2.05) is 18.3 Å². The number of hydrogen-bond donors (Lipinski definition) is 3. The van der Waals surface area contributed by atoms with E-state index in [1.54, 1.807) is 0 Å². The van der Waals surface area contributed by atoms with Crippen LogP contribution in [0.5, 0.6) is 0 Å². The molecule has 2 saturated heterocycles. The number of carboxylic acids is 2. The van der Waals surface area contributed by atoms with Crippen molar-refractivity contribution in [2.75, 3.05) is 26.3 Å². The lowest BCUT2D eigenvalue weighted by molar-refractivity contribution is -0.193. The predicted octanol–water partition coefficient (Wildman–Crippen LogP) is 2.71. The molecule has 0 spiro atoms. The summed E-state index contributed by atoms with van der Waals surface area (Å²) in [4.78, 5) is 36.8. The quantitative estimate of drug-likeness (QED) is 0.484. The maximum atomic E-state index is 12.1. The molecule has 3 heterocycles. The second-order valence-electron chi connectivity index (χ2n) is 8.89. The lowest BCUT2D eigenvalue weighted by Crippen LogP contribution is -2.38. The molecule has 0 radical (unpaired) electrons. The highest BCUT2D eigenvalue weighted by molar-refractivity contribution is 5.77. The molecule has 2 aliphatic heterocycles. The number of alkyl halides is 6. The first-order chi connectivity index (χ1) is 17.2. The largest absolute Gasteiger partial charge is 0.490 e. The number of carbonyl (C=O) groups is 3. The molecule has 1 aromatic heterocycles. The van der Waals surface area contributed by atoms with Gasteiger partial charge in [0.2, 0.25) is 5.91 Å². The molecule has 1 aromatic rings. The lowest BCUT2D eigenvalue weighted by atomic mass is 9.81. The van der Waals surface area contributed by atoms with Crippen LogP contribution < -0.4 is 5.32 Å². The maximum absolute atomic E-state index is 12.1. The normalized spacial score (nSPS) is 23.5. The number of hydrogen-bond acceptors (Lipinski definition) is 6. The zero-order valence-corrected chi connectivity index (χ0v) is 19.5. The van der Waals surface area contributed by atoms with Gasteiger partial charge < -0.3 is 20.3 Å². The molecular formula is C22H27F6N3O6. The zero-order valence-electron chi connectivity index (χ0n) is 19.5. The molecule has 0 bridgehead atoms. The summed E-state index contributed by atoms with van der Waals surface area (Å²) in [6.07, 6.45) is -5.39. The van der Waals surface area contributed by atoms with E-state index in [9.17, 15) is 31.1 Å². The molecule has 3 N–H and O–H groups in total. The van der Waals surface area contributed by atoms with Crippen molar-refractivity contribution in [1.82, 2.24) is 15.2 Å². The van der Waals surface area contributed by atoms with Crippen molar-refractivity contribution in [3.63, 3.8) is 0 Å². The molecule has 37 heavy (non-hydrogen) atoms. The Bertz CT molecular complexity index is 886. The van der Waals surface area contributed by atoms with Gasteiger partial charge in [-0.2, -0.15) is 26.3 Å². The third-order valence-electron chi connectivity index (χ3n) is 5.82. The summed E-state index contributed by atoms with van der Waals surface area (Å²) in [6, 6.07) is 6.53. The second kappa shape index (κ2) is 13.0. The van der Waals surface area contributed by atoms with Crippen molar-refractivity contribution >= 4 is 17.8 Å². The first-order valence-electron chi connectivity index (χ1n) is 11.3. The third-order valence-corrected chi connectivity index (χ3v) is 5.82. The number of nitrogens with one attached hydrogen (secondary N) is 1. The Kier molecular flexibility index (Phi) is 10.7. The zero-order chi connectivity index (χ0) is 27.8. The number of fused-ring (bicyclic) bond motifs is 1. The number of likely N-dealkylation sites (tertiary alicyclic amines) is 1. The molecule has 0 unspecified atom stereocenters. The number of nitrogens with zero attached hydrogens (tertiary/aromatic N) is 2. The van der Waals surface area contributed by atoms with Gasteiger partial charge in [0.05, 0.1) is 18.9 Å². The van der Waals surface area contributed by atoms with Gasteiger partial charge in [-0.3, -0.25) is 14.7 Å². The fourth-order valence-electron chi connectivity index (χ4n) is 4.01. The number of aromatic nitrogens is 1. The van der Waals surface area contributed by atoms with E-state index < -0.39 is 24.3 Å². The van der Waals surface area contributed by atoms with Crippen LogP contribution in [0.4, 0.5) is 26.3 Å². The number of aliphatic carboxylic acids is 2. The summed E-state index contributed by atoms with van der Waals surface area (Å²) >= 11 is 0. The molecule has 9 nitrogen and oxygen atoms in total. The summed E-state index contributed by atoms with van der Waals surface area (Å²) in [5.74, 6) is -3.80. The van der Waals surface area contributed by atoms with Crippen molar-refractivity contribution in [3.05, 3.63) is 30.1 Å². The number of rotatable bonds is 5. The van der Waals surface area contributed by atoms with E-state index in [0.717, 1.165) is 51.4 Å². The first-order valence-corrected chi connectivity index (χ1v) is 11.3. The Morgan fingerprint density at radius 3 is 2.08 bits per heavy atom. The van der Waals surface area contributed by atoms with E-state index in [1.165, 1.54) is 0 Å². The highest BCUT2D eigenvalue weighted by Gasteiger charge is 2.42. The predicted molar refractivity (Wildman–Crippen MR) is 114 cm³/mol. The Morgan fingerprint density at radius 2 is 1.59 bits per heavy atom. The summed E-state index contributed by atoms with van der Waals surface area (Å²) in [5, 5.41) is 17.4. The molecule has 4 rings (SSSR count). The average molecular weight is 543 g/mol. The summed E-state index contributed by atoms with van der Waals surface area (Å²) in [6.45, 7) is 4.59. The van der Waals surface area contributed by atoms with Gasteiger partial charge in [-0.05, 0) is 42.7 Å². The van der Waals surface area contributed by atoms with Crippen molar-refractivity contribution in [2.24, 2.45) is 17.8 Å².